The molecule has 2 aliphatic rings. The monoisotopic (exact) mass is 316 g/mol. The zero-order chi connectivity index (χ0) is 14.3. The van der Waals surface area contributed by atoms with Crippen LogP contribution in [0.4, 0.5) is 10.8 Å². The number of nitrogens with one attached hydrogen (secondary N) is 1. The van der Waals surface area contributed by atoms with Crippen molar-refractivity contribution in [1.29, 1.82) is 0 Å². The molecule has 2 atom stereocenters. The molecule has 0 radical (unpaired) electrons. The van der Waals surface area contributed by atoms with Crippen LogP contribution in [-0.2, 0) is 9.84 Å². The number of anilines is 2. The third kappa shape index (κ3) is 2.64. The van der Waals surface area contributed by atoms with E-state index in [0.717, 1.165) is 30.9 Å². The van der Waals surface area contributed by atoms with Crippen LogP contribution >= 0.6 is 11.5 Å². The number of rotatable bonds is 3. The van der Waals surface area contributed by atoms with E-state index in [1.54, 1.807) is 0 Å². The number of aromatic nitrogens is 1. The van der Waals surface area contributed by atoms with Crippen molar-refractivity contribution >= 4 is 32.2 Å². The van der Waals surface area contributed by atoms with Crippen LogP contribution in [0.25, 0.3) is 0 Å². The smallest absolute Gasteiger partial charge is 0.182 e. The molecule has 0 aromatic carbocycles. The Kier molecular flexibility index (Phi) is 3.64. The molecule has 0 aliphatic carbocycles. The Morgan fingerprint density at radius 2 is 2.20 bits per heavy atom. The van der Waals surface area contributed by atoms with E-state index in [2.05, 4.69) is 14.6 Å². The minimum Gasteiger partial charge on any atom is -0.382 e. The Morgan fingerprint density at radius 1 is 1.40 bits per heavy atom. The van der Waals surface area contributed by atoms with Crippen molar-refractivity contribution in [2.45, 2.75) is 42.7 Å². The number of sulfone groups is 1. The van der Waals surface area contributed by atoms with Gasteiger partial charge >= 0.3 is 0 Å². The van der Waals surface area contributed by atoms with Crippen molar-refractivity contribution in [1.82, 2.24) is 9.27 Å². The molecule has 3 N–H and O–H groups in total. The highest BCUT2D eigenvalue weighted by atomic mass is 32.2. The van der Waals surface area contributed by atoms with Crippen LogP contribution in [0.5, 0.6) is 0 Å². The van der Waals surface area contributed by atoms with Crippen LogP contribution in [0.1, 0.15) is 25.7 Å². The molecule has 112 valence electrons. The van der Waals surface area contributed by atoms with Gasteiger partial charge in [-0.05, 0) is 43.8 Å². The van der Waals surface area contributed by atoms with Crippen LogP contribution in [0.3, 0.4) is 0 Å². The van der Waals surface area contributed by atoms with Crippen molar-refractivity contribution in [3.63, 3.8) is 0 Å². The fraction of sp³-hybridized carbons (Fsp3) is 0.750. The summed E-state index contributed by atoms with van der Waals surface area (Å²) in [5, 5.41) is 3.96. The number of nitrogens with zero attached hydrogens (tertiary/aromatic N) is 2. The molecule has 20 heavy (non-hydrogen) atoms. The normalized spacial score (nSPS) is 27.4. The van der Waals surface area contributed by atoms with E-state index < -0.39 is 9.84 Å². The molecule has 2 fully saturated rings. The molecule has 8 heteroatoms. The molecular formula is C12H20N4O2S2. The lowest BCUT2D eigenvalue weighted by atomic mass is 9.98. The Morgan fingerprint density at radius 3 is 2.95 bits per heavy atom. The van der Waals surface area contributed by atoms with Gasteiger partial charge in [-0.25, -0.2) is 8.42 Å². The summed E-state index contributed by atoms with van der Waals surface area (Å²) in [6, 6.07) is 0.961. The van der Waals surface area contributed by atoms with Gasteiger partial charge in [-0.1, -0.05) is 0 Å². The molecule has 0 spiro atoms. The van der Waals surface area contributed by atoms with Gasteiger partial charge in [0.25, 0.3) is 0 Å². The summed E-state index contributed by atoms with van der Waals surface area (Å²) < 4.78 is 27.6. The summed E-state index contributed by atoms with van der Waals surface area (Å²) >= 11 is 1.14. The molecule has 3 rings (SSSR count). The maximum atomic E-state index is 11.8. The van der Waals surface area contributed by atoms with Gasteiger partial charge in [0.05, 0.1) is 0 Å². The number of hydrogen-bond acceptors (Lipinski definition) is 7. The summed E-state index contributed by atoms with van der Waals surface area (Å²) in [4.78, 5) is 2.70. The second-order valence-corrected chi connectivity index (χ2v) is 8.42. The highest BCUT2D eigenvalue weighted by molar-refractivity contribution is 7.91. The van der Waals surface area contributed by atoms with Crippen molar-refractivity contribution in [3.05, 3.63) is 0 Å². The highest BCUT2D eigenvalue weighted by Gasteiger charge is 2.32. The highest BCUT2D eigenvalue weighted by Crippen LogP contribution is 2.34. The van der Waals surface area contributed by atoms with E-state index in [0.29, 0.717) is 17.1 Å². The fourth-order valence-corrected chi connectivity index (χ4v) is 5.42. The minimum atomic E-state index is -3.34. The van der Waals surface area contributed by atoms with Gasteiger partial charge in [0.2, 0.25) is 0 Å². The van der Waals surface area contributed by atoms with Crippen molar-refractivity contribution in [2.75, 3.05) is 30.4 Å². The molecule has 0 saturated carbocycles. The second kappa shape index (κ2) is 5.16. The maximum absolute atomic E-state index is 11.8. The Bertz CT molecular complexity index is 599. The van der Waals surface area contributed by atoms with Gasteiger partial charge in [-0.3, -0.25) is 0 Å². The average Bonchev–Trinajstić information content (AvgIpc) is 2.94. The second-order valence-electron chi connectivity index (χ2n) is 5.70. The number of piperidine rings is 1. The zero-order valence-electron chi connectivity index (χ0n) is 11.5. The lowest BCUT2D eigenvalue weighted by Gasteiger charge is -2.35. The molecule has 3 heterocycles. The van der Waals surface area contributed by atoms with Crippen LogP contribution in [0, 0.1) is 0 Å². The number of hydrogen-bond donors (Lipinski definition) is 2. The first-order valence-electron chi connectivity index (χ1n) is 6.91. The molecular weight excluding hydrogens is 296 g/mol. The first-order chi connectivity index (χ1) is 9.45. The number of fused-ring (bicyclic) bond motifs is 1. The van der Waals surface area contributed by atoms with Crippen molar-refractivity contribution < 1.29 is 8.42 Å². The third-order valence-electron chi connectivity index (χ3n) is 4.20. The fourth-order valence-electron chi connectivity index (χ4n) is 3.29. The van der Waals surface area contributed by atoms with Gasteiger partial charge < -0.3 is 16.0 Å². The number of nitrogen functional groups attached to an aromatic ring is 1. The Labute approximate surface area is 123 Å². The van der Waals surface area contributed by atoms with E-state index >= 15 is 0 Å². The Hall–Kier alpha value is -0.860. The van der Waals surface area contributed by atoms with Gasteiger partial charge in [-0.2, -0.15) is 4.37 Å². The maximum Gasteiger partial charge on any atom is 0.182 e. The van der Waals surface area contributed by atoms with Gasteiger partial charge in [0.1, 0.15) is 9.90 Å². The lowest BCUT2D eigenvalue weighted by Crippen LogP contribution is -2.42. The standard InChI is InChI=1S/C12H20N4O2S2/c1-20(17,18)10-11(13)15-19-12(10)14-8-4-6-16-5-2-3-9(16)7-8/h8-9,14H,2-7H2,1H3,(H2,13,15). The van der Waals surface area contributed by atoms with Crippen LogP contribution in [-0.4, -0.2) is 49.1 Å². The largest absolute Gasteiger partial charge is 0.382 e. The summed E-state index contributed by atoms with van der Waals surface area (Å²) in [7, 11) is -3.34. The van der Waals surface area contributed by atoms with Crippen LogP contribution in [0.15, 0.2) is 4.90 Å². The summed E-state index contributed by atoms with van der Waals surface area (Å²) in [5.74, 6) is 0.110. The molecule has 6 nitrogen and oxygen atoms in total. The quantitative estimate of drug-likeness (QED) is 0.870. The van der Waals surface area contributed by atoms with E-state index in [-0.39, 0.29) is 10.7 Å². The van der Waals surface area contributed by atoms with Crippen LogP contribution < -0.4 is 11.1 Å². The van der Waals surface area contributed by atoms with Gasteiger partial charge in [0.15, 0.2) is 15.7 Å². The summed E-state index contributed by atoms with van der Waals surface area (Å²) in [6.45, 7) is 2.30. The van der Waals surface area contributed by atoms with Crippen molar-refractivity contribution in [2.24, 2.45) is 0 Å². The number of nitrogens with two attached hydrogens (primary N) is 1. The average molecular weight is 316 g/mol. The predicted octanol–water partition coefficient (Wildman–Crippen LogP) is 1.17. The topological polar surface area (TPSA) is 88.3 Å². The molecule has 2 aliphatic heterocycles. The molecule has 2 unspecified atom stereocenters. The zero-order valence-corrected chi connectivity index (χ0v) is 13.1. The molecule has 0 bridgehead atoms. The van der Waals surface area contributed by atoms with E-state index in [4.69, 9.17) is 5.73 Å². The molecule has 1 aromatic heterocycles. The van der Waals surface area contributed by atoms with E-state index in [1.807, 2.05) is 0 Å². The first-order valence-corrected chi connectivity index (χ1v) is 9.57. The SMILES string of the molecule is CS(=O)(=O)c1c(N)nsc1NC1CCN2CCCC2C1. The molecule has 2 saturated heterocycles. The van der Waals surface area contributed by atoms with E-state index in [1.165, 1.54) is 25.6 Å². The molecule has 1 aromatic rings. The summed E-state index contributed by atoms with van der Waals surface area (Å²) in [5.41, 5.74) is 5.69. The first kappa shape index (κ1) is 14.1. The predicted molar refractivity (Wildman–Crippen MR) is 80.9 cm³/mol. The van der Waals surface area contributed by atoms with Gasteiger partial charge in [0, 0.05) is 24.9 Å². The lowest BCUT2D eigenvalue weighted by molar-refractivity contribution is 0.188. The van der Waals surface area contributed by atoms with Crippen LogP contribution in [0.2, 0.25) is 0 Å². The van der Waals surface area contributed by atoms with Gasteiger partial charge in [-0.15, -0.1) is 0 Å². The third-order valence-corrected chi connectivity index (χ3v) is 6.28. The molecule has 0 amide bonds. The van der Waals surface area contributed by atoms with Crippen molar-refractivity contribution in [3.8, 4) is 0 Å². The van der Waals surface area contributed by atoms with E-state index in [9.17, 15) is 8.42 Å². The minimum absolute atomic E-state index is 0.110. The Balaban J connectivity index is 1.76. The summed E-state index contributed by atoms with van der Waals surface area (Å²) in [6.07, 6.45) is 5.82.